The summed E-state index contributed by atoms with van der Waals surface area (Å²) in [6, 6.07) is 8.04. The zero-order valence-electron chi connectivity index (χ0n) is 14.4. The molecular weight excluding hydrogens is 339 g/mol. The summed E-state index contributed by atoms with van der Waals surface area (Å²) in [6.45, 7) is 6.20. The lowest BCUT2D eigenvalue weighted by atomic mass is 10.2. The summed E-state index contributed by atoms with van der Waals surface area (Å²) in [4.78, 5) is 19.7. The Labute approximate surface area is 149 Å². The first kappa shape index (κ1) is 17.7. The number of fused-ring (bicyclic) bond motifs is 1. The predicted octanol–water partition coefficient (Wildman–Crippen LogP) is 3.26. The molecule has 0 spiro atoms. The van der Waals surface area contributed by atoms with E-state index < -0.39 is 0 Å². The molecule has 0 bridgehead atoms. The Morgan fingerprint density at radius 3 is 2.64 bits per heavy atom. The normalized spacial score (nSPS) is 11.5. The Morgan fingerprint density at radius 2 is 1.96 bits per heavy atom. The van der Waals surface area contributed by atoms with E-state index in [2.05, 4.69) is 28.8 Å². The minimum atomic E-state index is -0.236. The molecule has 0 aliphatic carbocycles. The van der Waals surface area contributed by atoms with Crippen LogP contribution < -0.4 is 5.56 Å². The van der Waals surface area contributed by atoms with E-state index in [1.807, 2.05) is 0 Å². The fourth-order valence-corrected chi connectivity index (χ4v) is 3.67. The maximum Gasteiger partial charge on any atom is 0.275 e. The molecule has 2 heterocycles. The minimum absolute atomic E-state index is 0.142. The van der Waals surface area contributed by atoms with E-state index in [0.717, 1.165) is 35.7 Å². The van der Waals surface area contributed by atoms with Gasteiger partial charge in [-0.25, -0.2) is 9.37 Å². The molecule has 0 N–H and O–H groups in total. The molecule has 3 aromatic rings. The van der Waals surface area contributed by atoms with Crippen LogP contribution in [0.25, 0.3) is 4.96 Å². The van der Waals surface area contributed by atoms with Gasteiger partial charge in [0, 0.05) is 25.6 Å². The standard InChI is InChI=1S/C18H21FN4OS/c1-3-5-16-21-23-17(24)10-15(20-18(23)25-16)12-22(4-2)11-13-6-8-14(19)9-7-13/h6-10H,3-5,11-12H2,1-2H3. The number of hydrogen-bond acceptors (Lipinski definition) is 5. The Balaban J connectivity index is 1.80. The summed E-state index contributed by atoms with van der Waals surface area (Å²) >= 11 is 1.47. The second-order valence-electron chi connectivity index (χ2n) is 5.96. The highest BCUT2D eigenvalue weighted by Gasteiger charge is 2.11. The summed E-state index contributed by atoms with van der Waals surface area (Å²) in [5, 5.41) is 5.26. The van der Waals surface area contributed by atoms with E-state index in [-0.39, 0.29) is 11.4 Å². The van der Waals surface area contributed by atoms with Crippen molar-refractivity contribution >= 4 is 16.3 Å². The van der Waals surface area contributed by atoms with Crippen LogP contribution in [0.5, 0.6) is 0 Å². The molecule has 0 fully saturated rings. The Morgan fingerprint density at radius 1 is 1.20 bits per heavy atom. The molecule has 0 aliphatic rings. The molecule has 132 valence electrons. The predicted molar refractivity (Wildman–Crippen MR) is 97.3 cm³/mol. The van der Waals surface area contributed by atoms with Gasteiger partial charge in [0.2, 0.25) is 4.96 Å². The van der Waals surface area contributed by atoms with Gasteiger partial charge in [0.05, 0.1) is 5.69 Å². The molecule has 0 unspecified atom stereocenters. The largest absolute Gasteiger partial charge is 0.294 e. The van der Waals surface area contributed by atoms with Crippen LogP contribution >= 0.6 is 11.3 Å². The monoisotopic (exact) mass is 360 g/mol. The Bertz CT molecular complexity index is 904. The van der Waals surface area contributed by atoms with Crippen LogP contribution in [0.2, 0.25) is 0 Å². The third-order valence-electron chi connectivity index (χ3n) is 3.96. The number of benzene rings is 1. The Kier molecular flexibility index (Phi) is 5.55. The lowest BCUT2D eigenvalue weighted by Crippen LogP contribution is -2.25. The van der Waals surface area contributed by atoms with Crippen molar-refractivity contribution in [1.29, 1.82) is 0 Å². The zero-order chi connectivity index (χ0) is 17.8. The van der Waals surface area contributed by atoms with Crippen LogP contribution in [0, 0.1) is 5.82 Å². The molecule has 2 aromatic heterocycles. The smallest absolute Gasteiger partial charge is 0.275 e. The first-order chi connectivity index (χ1) is 12.1. The summed E-state index contributed by atoms with van der Waals surface area (Å²) < 4.78 is 14.4. The SMILES string of the molecule is CCCc1nn2c(=O)cc(CN(CC)Cc3ccc(F)cc3)nc2s1. The lowest BCUT2D eigenvalue weighted by molar-refractivity contribution is 0.268. The number of aryl methyl sites for hydroxylation is 1. The molecule has 7 heteroatoms. The maximum absolute atomic E-state index is 13.0. The van der Waals surface area contributed by atoms with Crippen molar-refractivity contribution in [2.45, 2.75) is 39.8 Å². The molecule has 25 heavy (non-hydrogen) atoms. The van der Waals surface area contributed by atoms with Gasteiger partial charge < -0.3 is 0 Å². The second-order valence-corrected chi connectivity index (χ2v) is 7.00. The van der Waals surface area contributed by atoms with Gasteiger partial charge in [-0.2, -0.15) is 9.61 Å². The van der Waals surface area contributed by atoms with Gasteiger partial charge in [0.25, 0.3) is 5.56 Å². The first-order valence-electron chi connectivity index (χ1n) is 8.44. The highest BCUT2D eigenvalue weighted by atomic mass is 32.1. The molecule has 5 nitrogen and oxygen atoms in total. The summed E-state index contributed by atoms with van der Waals surface area (Å²) in [5.41, 5.74) is 1.63. The van der Waals surface area contributed by atoms with Gasteiger partial charge in [-0.05, 0) is 30.7 Å². The average molecular weight is 360 g/mol. The van der Waals surface area contributed by atoms with E-state index in [1.165, 1.54) is 28.0 Å². The summed E-state index contributed by atoms with van der Waals surface area (Å²) in [7, 11) is 0. The molecule has 0 radical (unpaired) electrons. The van der Waals surface area contributed by atoms with Crippen LogP contribution in [0.15, 0.2) is 35.1 Å². The lowest BCUT2D eigenvalue weighted by Gasteiger charge is -2.19. The molecule has 0 saturated carbocycles. The van der Waals surface area contributed by atoms with Crippen molar-refractivity contribution in [3.05, 3.63) is 62.8 Å². The molecule has 0 saturated heterocycles. The fourth-order valence-electron chi connectivity index (χ4n) is 2.65. The minimum Gasteiger partial charge on any atom is -0.294 e. The Hall–Kier alpha value is -2.12. The molecule has 1 aromatic carbocycles. The molecule has 3 rings (SSSR count). The van der Waals surface area contributed by atoms with Crippen molar-refractivity contribution in [2.75, 3.05) is 6.54 Å². The van der Waals surface area contributed by atoms with Crippen LogP contribution in [0.4, 0.5) is 4.39 Å². The maximum atomic E-state index is 13.0. The van der Waals surface area contributed by atoms with Gasteiger partial charge in [-0.3, -0.25) is 9.69 Å². The summed E-state index contributed by atoms with van der Waals surface area (Å²) in [6.07, 6.45) is 1.84. The number of rotatable bonds is 7. The van der Waals surface area contributed by atoms with Crippen LogP contribution in [-0.2, 0) is 19.5 Å². The first-order valence-corrected chi connectivity index (χ1v) is 9.26. The van der Waals surface area contributed by atoms with Crippen molar-refractivity contribution < 1.29 is 4.39 Å². The van der Waals surface area contributed by atoms with Crippen molar-refractivity contribution in [3.8, 4) is 0 Å². The van der Waals surface area contributed by atoms with Crippen molar-refractivity contribution in [2.24, 2.45) is 0 Å². The van der Waals surface area contributed by atoms with Crippen LogP contribution in [0.1, 0.15) is 36.5 Å². The highest BCUT2D eigenvalue weighted by Crippen LogP contribution is 2.14. The fraction of sp³-hybridized carbons (Fsp3) is 0.389. The number of nitrogens with zero attached hydrogens (tertiary/aromatic N) is 4. The van der Waals surface area contributed by atoms with Crippen molar-refractivity contribution in [1.82, 2.24) is 19.5 Å². The van der Waals surface area contributed by atoms with E-state index in [0.29, 0.717) is 18.1 Å². The average Bonchev–Trinajstić information content (AvgIpc) is 3.00. The number of halogens is 1. The van der Waals surface area contributed by atoms with Crippen molar-refractivity contribution in [3.63, 3.8) is 0 Å². The zero-order valence-corrected chi connectivity index (χ0v) is 15.2. The number of aromatic nitrogens is 3. The third-order valence-corrected chi connectivity index (χ3v) is 4.92. The van der Waals surface area contributed by atoms with E-state index in [1.54, 1.807) is 18.2 Å². The molecule has 0 amide bonds. The van der Waals surface area contributed by atoms with Crippen LogP contribution in [-0.4, -0.2) is 26.0 Å². The van der Waals surface area contributed by atoms with Crippen LogP contribution in [0.3, 0.4) is 0 Å². The van der Waals surface area contributed by atoms with E-state index in [4.69, 9.17) is 0 Å². The summed E-state index contributed by atoms with van der Waals surface area (Å²) in [5.74, 6) is -0.236. The van der Waals surface area contributed by atoms with Gasteiger partial charge in [-0.1, -0.05) is 37.3 Å². The van der Waals surface area contributed by atoms with Gasteiger partial charge in [-0.15, -0.1) is 0 Å². The van der Waals surface area contributed by atoms with Gasteiger partial charge >= 0.3 is 0 Å². The van der Waals surface area contributed by atoms with Gasteiger partial charge in [0.1, 0.15) is 10.8 Å². The molecule has 0 atom stereocenters. The van der Waals surface area contributed by atoms with Gasteiger partial charge in [0.15, 0.2) is 0 Å². The number of hydrogen-bond donors (Lipinski definition) is 0. The quantitative estimate of drug-likeness (QED) is 0.649. The topological polar surface area (TPSA) is 50.5 Å². The van der Waals surface area contributed by atoms with E-state index >= 15 is 0 Å². The third kappa shape index (κ3) is 4.29. The highest BCUT2D eigenvalue weighted by molar-refractivity contribution is 7.16. The second kappa shape index (κ2) is 7.84. The van der Waals surface area contributed by atoms with E-state index in [9.17, 15) is 9.18 Å². The molecule has 0 aliphatic heterocycles. The molecular formula is C18H21FN4OS.